The lowest BCUT2D eigenvalue weighted by molar-refractivity contribution is 0.399. The number of nitrogens with one attached hydrogen (secondary N) is 1. The Hall–Kier alpha value is -1.58. The minimum absolute atomic E-state index is 0.247. The molecule has 2 nitrogen and oxygen atoms in total. The molecule has 0 aliphatic carbocycles. The van der Waals surface area contributed by atoms with E-state index in [4.69, 9.17) is 4.42 Å². The number of fused-ring (bicyclic) bond motifs is 1. The average Bonchev–Trinajstić information content (AvgIpc) is 3.10. The first-order chi connectivity index (χ1) is 10.3. The molecular weight excluding hydrogens is 278 g/mol. The summed E-state index contributed by atoms with van der Waals surface area (Å²) in [4.78, 5) is 0. The molecule has 1 atom stereocenters. The number of rotatable bonds is 6. The van der Waals surface area contributed by atoms with E-state index in [9.17, 15) is 0 Å². The van der Waals surface area contributed by atoms with Crippen molar-refractivity contribution in [3.05, 3.63) is 58.9 Å². The lowest BCUT2D eigenvalue weighted by atomic mass is 10.0. The van der Waals surface area contributed by atoms with Crippen LogP contribution >= 0.6 is 11.3 Å². The smallest absolute Gasteiger partial charge is 0.121 e. The monoisotopic (exact) mass is 299 g/mol. The highest BCUT2D eigenvalue weighted by molar-refractivity contribution is 7.17. The second-order valence-electron chi connectivity index (χ2n) is 5.42. The zero-order valence-electron chi connectivity index (χ0n) is 12.6. The lowest BCUT2D eigenvalue weighted by Gasteiger charge is -2.16. The van der Waals surface area contributed by atoms with Gasteiger partial charge in [0.15, 0.2) is 0 Å². The normalized spacial score (nSPS) is 12.9. The first-order valence-corrected chi connectivity index (χ1v) is 8.40. The summed E-state index contributed by atoms with van der Waals surface area (Å²) >= 11 is 1.82. The molecule has 0 aliphatic rings. The van der Waals surface area contributed by atoms with Crippen LogP contribution < -0.4 is 5.32 Å². The zero-order valence-corrected chi connectivity index (χ0v) is 13.4. The van der Waals surface area contributed by atoms with Gasteiger partial charge in [-0.25, -0.2) is 0 Å². The van der Waals surface area contributed by atoms with Gasteiger partial charge in [0.1, 0.15) is 11.5 Å². The summed E-state index contributed by atoms with van der Waals surface area (Å²) in [5.74, 6) is 2.01. The Kier molecular flexibility index (Phi) is 4.42. The van der Waals surface area contributed by atoms with Crippen LogP contribution in [0.15, 0.2) is 46.2 Å². The molecule has 2 heterocycles. The van der Waals surface area contributed by atoms with Crippen molar-refractivity contribution >= 4 is 21.4 Å². The summed E-state index contributed by atoms with van der Waals surface area (Å²) in [6.07, 6.45) is 2.09. The number of thiophene rings is 1. The molecule has 2 aromatic heterocycles. The van der Waals surface area contributed by atoms with Crippen LogP contribution in [0.25, 0.3) is 10.1 Å². The maximum Gasteiger partial charge on any atom is 0.121 e. The molecule has 0 aliphatic heterocycles. The van der Waals surface area contributed by atoms with Crippen LogP contribution in [0.5, 0.6) is 0 Å². The van der Waals surface area contributed by atoms with Gasteiger partial charge in [-0.2, -0.15) is 0 Å². The molecule has 3 rings (SSSR count). The van der Waals surface area contributed by atoms with Gasteiger partial charge in [0, 0.05) is 4.70 Å². The van der Waals surface area contributed by atoms with E-state index in [0.29, 0.717) is 0 Å². The van der Waals surface area contributed by atoms with Crippen molar-refractivity contribution in [1.29, 1.82) is 0 Å². The molecule has 1 aromatic carbocycles. The summed E-state index contributed by atoms with van der Waals surface area (Å²) in [5, 5.41) is 7.26. The Balaban J connectivity index is 1.87. The number of furan rings is 1. The summed E-state index contributed by atoms with van der Waals surface area (Å²) < 4.78 is 7.20. The summed E-state index contributed by atoms with van der Waals surface area (Å²) in [6.45, 7) is 5.20. The number of aryl methyl sites for hydroxylation is 1. The van der Waals surface area contributed by atoms with Gasteiger partial charge in [-0.15, -0.1) is 11.3 Å². The van der Waals surface area contributed by atoms with Crippen LogP contribution in [0.1, 0.15) is 36.5 Å². The topological polar surface area (TPSA) is 25.2 Å². The molecule has 1 N–H and O–H groups in total. The average molecular weight is 299 g/mol. The predicted molar refractivity (Wildman–Crippen MR) is 90.0 cm³/mol. The highest BCUT2D eigenvalue weighted by atomic mass is 32.1. The van der Waals surface area contributed by atoms with Gasteiger partial charge >= 0.3 is 0 Å². The van der Waals surface area contributed by atoms with Crippen LogP contribution in [0.3, 0.4) is 0 Å². The molecule has 0 fully saturated rings. The van der Waals surface area contributed by atoms with E-state index >= 15 is 0 Å². The van der Waals surface area contributed by atoms with Gasteiger partial charge in [0.2, 0.25) is 0 Å². The number of hydrogen-bond acceptors (Lipinski definition) is 3. The first-order valence-electron chi connectivity index (χ1n) is 7.52. The molecule has 110 valence electrons. The van der Waals surface area contributed by atoms with Crippen molar-refractivity contribution in [2.45, 2.75) is 32.7 Å². The summed E-state index contributed by atoms with van der Waals surface area (Å²) in [6, 6.07) is 13.0. The van der Waals surface area contributed by atoms with Crippen molar-refractivity contribution in [1.82, 2.24) is 5.32 Å². The Labute approximate surface area is 129 Å². The molecule has 3 heteroatoms. The minimum Gasteiger partial charge on any atom is -0.465 e. The molecule has 1 unspecified atom stereocenters. The molecule has 0 amide bonds. The van der Waals surface area contributed by atoms with Crippen LogP contribution in [0.4, 0.5) is 0 Å². The van der Waals surface area contributed by atoms with E-state index in [1.807, 2.05) is 24.3 Å². The van der Waals surface area contributed by atoms with E-state index in [-0.39, 0.29) is 6.04 Å². The molecule has 0 saturated heterocycles. The molecular formula is C18H21NOS. The molecule has 0 radical (unpaired) electrons. The van der Waals surface area contributed by atoms with Gasteiger partial charge < -0.3 is 9.73 Å². The van der Waals surface area contributed by atoms with Gasteiger partial charge in [0.25, 0.3) is 0 Å². The van der Waals surface area contributed by atoms with E-state index in [1.165, 1.54) is 15.6 Å². The van der Waals surface area contributed by atoms with Crippen LogP contribution in [0, 0.1) is 6.92 Å². The Morgan fingerprint density at radius 3 is 2.81 bits per heavy atom. The molecule has 0 bridgehead atoms. The fourth-order valence-corrected chi connectivity index (χ4v) is 3.62. The third-order valence-corrected chi connectivity index (χ3v) is 4.74. The SMILES string of the molecule is CCCNC(Cc1csc2ccccc12)c1ccc(C)o1. The zero-order chi connectivity index (χ0) is 14.7. The Morgan fingerprint density at radius 1 is 1.19 bits per heavy atom. The van der Waals surface area contributed by atoms with Crippen LogP contribution in [0.2, 0.25) is 0 Å². The van der Waals surface area contributed by atoms with Gasteiger partial charge in [-0.05, 0) is 60.8 Å². The van der Waals surface area contributed by atoms with Gasteiger partial charge in [-0.3, -0.25) is 0 Å². The van der Waals surface area contributed by atoms with E-state index in [0.717, 1.165) is 30.9 Å². The van der Waals surface area contributed by atoms with E-state index < -0.39 is 0 Å². The molecule has 0 saturated carbocycles. The van der Waals surface area contributed by atoms with Crippen molar-refractivity contribution in [3.8, 4) is 0 Å². The third kappa shape index (κ3) is 3.20. The second-order valence-corrected chi connectivity index (χ2v) is 6.33. The van der Waals surface area contributed by atoms with Crippen LogP contribution in [-0.4, -0.2) is 6.54 Å². The third-order valence-electron chi connectivity index (χ3n) is 3.73. The van der Waals surface area contributed by atoms with Gasteiger partial charge in [0.05, 0.1) is 6.04 Å². The molecule has 3 aromatic rings. The maximum atomic E-state index is 5.84. The highest BCUT2D eigenvalue weighted by Crippen LogP contribution is 2.30. The number of benzene rings is 1. The van der Waals surface area contributed by atoms with Crippen molar-refractivity contribution < 1.29 is 4.42 Å². The maximum absolute atomic E-state index is 5.84. The second kappa shape index (κ2) is 6.46. The quantitative estimate of drug-likeness (QED) is 0.686. The van der Waals surface area contributed by atoms with Crippen molar-refractivity contribution in [2.24, 2.45) is 0 Å². The fraction of sp³-hybridized carbons (Fsp3) is 0.333. The fourth-order valence-electron chi connectivity index (χ4n) is 2.64. The first kappa shape index (κ1) is 14.4. The summed E-state index contributed by atoms with van der Waals surface area (Å²) in [7, 11) is 0. The molecule has 21 heavy (non-hydrogen) atoms. The Bertz CT molecular complexity index is 713. The van der Waals surface area contributed by atoms with Crippen molar-refractivity contribution in [2.75, 3.05) is 6.54 Å². The highest BCUT2D eigenvalue weighted by Gasteiger charge is 2.17. The Morgan fingerprint density at radius 2 is 2.05 bits per heavy atom. The largest absolute Gasteiger partial charge is 0.465 e. The summed E-state index contributed by atoms with van der Waals surface area (Å²) in [5.41, 5.74) is 1.40. The standard InChI is InChI=1S/C18H21NOS/c1-3-10-19-16(17-9-8-13(2)20-17)11-14-12-21-18-7-5-4-6-15(14)18/h4-9,12,16,19H,3,10-11H2,1-2H3. The van der Waals surface area contributed by atoms with E-state index in [2.05, 4.69) is 48.0 Å². The van der Waals surface area contributed by atoms with E-state index in [1.54, 1.807) is 0 Å². The lowest BCUT2D eigenvalue weighted by Crippen LogP contribution is -2.23. The van der Waals surface area contributed by atoms with Gasteiger partial charge in [-0.1, -0.05) is 25.1 Å². The van der Waals surface area contributed by atoms with Crippen molar-refractivity contribution in [3.63, 3.8) is 0 Å². The number of hydrogen-bond donors (Lipinski definition) is 1. The predicted octanol–water partition coefficient (Wildman–Crippen LogP) is 5.09. The molecule has 0 spiro atoms. The van der Waals surface area contributed by atoms with Crippen LogP contribution in [-0.2, 0) is 6.42 Å². The minimum atomic E-state index is 0.247.